The number of benzene rings is 2. The summed E-state index contributed by atoms with van der Waals surface area (Å²) in [7, 11) is -3.27. The monoisotopic (exact) mass is 414 g/mol. The fraction of sp³-hybridized carbons (Fsp3) is 0.435. The molecule has 0 radical (unpaired) electrons. The molecule has 6 heteroatoms. The Balaban J connectivity index is 1.81. The molecule has 3 rings (SSSR count). The molecule has 1 unspecified atom stereocenters. The SMILES string of the molecule is CC(C)c1ccc(C(NC(=O)c2cccc(N3CCCS3(=O)=O)c2)C(C)C)cc1. The van der Waals surface area contributed by atoms with Crippen molar-refractivity contribution >= 4 is 21.6 Å². The molecule has 0 bridgehead atoms. The molecule has 1 fully saturated rings. The van der Waals surface area contributed by atoms with Gasteiger partial charge >= 0.3 is 0 Å². The van der Waals surface area contributed by atoms with Gasteiger partial charge in [0.05, 0.1) is 17.5 Å². The molecule has 0 aromatic heterocycles. The minimum Gasteiger partial charge on any atom is -0.345 e. The van der Waals surface area contributed by atoms with E-state index in [-0.39, 0.29) is 23.6 Å². The van der Waals surface area contributed by atoms with E-state index in [1.54, 1.807) is 24.3 Å². The summed E-state index contributed by atoms with van der Waals surface area (Å²) in [5, 5.41) is 3.13. The maximum absolute atomic E-state index is 13.0. The fourth-order valence-corrected chi connectivity index (χ4v) is 5.24. The van der Waals surface area contributed by atoms with Crippen LogP contribution in [0.1, 0.15) is 67.6 Å². The molecule has 5 nitrogen and oxygen atoms in total. The van der Waals surface area contributed by atoms with Gasteiger partial charge in [-0.15, -0.1) is 0 Å². The average Bonchev–Trinajstić information content (AvgIpc) is 3.05. The van der Waals surface area contributed by atoms with Gasteiger partial charge in [-0.25, -0.2) is 8.42 Å². The number of hydrogen-bond acceptors (Lipinski definition) is 3. The zero-order valence-electron chi connectivity index (χ0n) is 17.6. The first-order chi connectivity index (χ1) is 13.7. The van der Waals surface area contributed by atoms with Crippen LogP contribution < -0.4 is 9.62 Å². The van der Waals surface area contributed by atoms with Crippen LogP contribution in [-0.4, -0.2) is 26.6 Å². The fourth-order valence-electron chi connectivity index (χ4n) is 3.68. The average molecular weight is 415 g/mol. The van der Waals surface area contributed by atoms with Gasteiger partial charge in [0.25, 0.3) is 5.91 Å². The zero-order chi connectivity index (χ0) is 21.2. The van der Waals surface area contributed by atoms with Gasteiger partial charge in [-0.05, 0) is 47.6 Å². The molecule has 0 spiro atoms. The Hall–Kier alpha value is -2.34. The van der Waals surface area contributed by atoms with Crippen LogP contribution in [-0.2, 0) is 10.0 Å². The van der Waals surface area contributed by atoms with Crippen molar-refractivity contribution in [1.82, 2.24) is 5.32 Å². The van der Waals surface area contributed by atoms with Crippen LogP contribution in [0, 0.1) is 5.92 Å². The van der Waals surface area contributed by atoms with Crippen molar-refractivity contribution in [2.75, 3.05) is 16.6 Å². The third-order valence-corrected chi connectivity index (χ3v) is 7.28. The molecule has 1 heterocycles. The minimum absolute atomic E-state index is 0.122. The lowest BCUT2D eigenvalue weighted by molar-refractivity contribution is 0.0925. The highest BCUT2D eigenvalue weighted by molar-refractivity contribution is 7.93. The molecule has 2 aromatic rings. The molecule has 29 heavy (non-hydrogen) atoms. The van der Waals surface area contributed by atoms with E-state index in [0.717, 1.165) is 5.56 Å². The van der Waals surface area contributed by atoms with Gasteiger partial charge < -0.3 is 5.32 Å². The molecule has 1 amide bonds. The van der Waals surface area contributed by atoms with Gasteiger partial charge in [0.15, 0.2) is 0 Å². The number of sulfonamides is 1. The minimum atomic E-state index is -3.27. The van der Waals surface area contributed by atoms with Crippen molar-refractivity contribution < 1.29 is 13.2 Å². The number of anilines is 1. The Morgan fingerprint density at radius 2 is 1.66 bits per heavy atom. The highest BCUT2D eigenvalue weighted by atomic mass is 32.2. The van der Waals surface area contributed by atoms with Crippen LogP contribution in [0.15, 0.2) is 48.5 Å². The predicted octanol–water partition coefficient (Wildman–Crippen LogP) is 4.48. The second-order valence-electron chi connectivity index (χ2n) is 8.31. The smallest absolute Gasteiger partial charge is 0.251 e. The van der Waals surface area contributed by atoms with E-state index in [1.807, 2.05) is 0 Å². The van der Waals surface area contributed by atoms with Crippen LogP contribution in [0.3, 0.4) is 0 Å². The Labute approximate surface area is 174 Å². The molecule has 0 saturated carbocycles. The number of hydrogen-bond donors (Lipinski definition) is 1. The van der Waals surface area contributed by atoms with Crippen molar-refractivity contribution in [1.29, 1.82) is 0 Å². The third-order valence-electron chi connectivity index (χ3n) is 5.41. The van der Waals surface area contributed by atoms with Gasteiger partial charge in [0.2, 0.25) is 10.0 Å². The van der Waals surface area contributed by atoms with E-state index in [0.29, 0.717) is 30.1 Å². The molecule has 1 aliphatic heterocycles. The zero-order valence-corrected chi connectivity index (χ0v) is 18.4. The number of nitrogens with one attached hydrogen (secondary N) is 1. The van der Waals surface area contributed by atoms with Crippen molar-refractivity contribution in [2.24, 2.45) is 5.92 Å². The lowest BCUT2D eigenvalue weighted by Crippen LogP contribution is -2.32. The molecule has 1 atom stereocenters. The summed E-state index contributed by atoms with van der Waals surface area (Å²) in [6.07, 6.45) is 0.612. The van der Waals surface area contributed by atoms with Gasteiger partial charge in [0.1, 0.15) is 0 Å². The molecule has 2 aromatic carbocycles. The van der Waals surface area contributed by atoms with E-state index in [1.165, 1.54) is 9.87 Å². The Kier molecular flexibility index (Phi) is 6.32. The predicted molar refractivity (Wildman–Crippen MR) is 118 cm³/mol. The maximum Gasteiger partial charge on any atom is 0.251 e. The van der Waals surface area contributed by atoms with Crippen molar-refractivity contribution in [3.8, 4) is 0 Å². The van der Waals surface area contributed by atoms with Crippen LogP contribution >= 0.6 is 0 Å². The van der Waals surface area contributed by atoms with Gasteiger partial charge in [-0.3, -0.25) is 9.10 Å². The summed E-state index contributed by atoms with van der Waals surface area (Å²) >= 11 is 0. The van der Waals surface area contributed by atoms with Crippen LogP contribution in [0.2, 0.25) is 0 Å². The van der Waals surface area contributed by atoms with Crippen molar-refractivity contribution in [2.45, 2.75) is 46.1 Å². The summed E-state index contributed by atoms with van der Waals surface area (Å²) in [5.74, 6) is 0.632. The second-order valence-corrected chi connectivity index (χ2v) is 10.3. The molecular formula is C23H30N2O3S. The highest BCUT2D eigenvalue weighted by Gasteiger charge is 2.29. The number of nitrogens with zero attached hydrogens (tertiary/aromatic N) is 1. The van der Waals surface area contributed by atoms with Crippen LogP contribution in [0.25, 0.3) is 0 Å². The van der Waals surface area contributed by atoms with E-state index >= 15 is 0 Å². The van der Waals surface area contributed by atoms with Gasteiger partial charge in [0, 0.05) is 12.1 Å². The molecule has 1 aliphatic rings. The van der Waals surface area contributed by atoms with E-state index in [4.69, 9.17) is 0 Å². The number of carbonyl (C=O) groups is 1. The Morgan fingerprint density at radius 3 is 2.21 bits per heavy atom. The summed E-state index contributed by atoms with van der Waals surface area (Å²) in [5.41, 5.74) is 3.35. The Morgan fingerprint density at radius 1 is 1.00 bits per heavy atom. The number of carbonyl (C=O) groups excluding carboxylic acids is 1. The first-order valence-corrected chi connectivity index (χ1v) is 11.8. The lowest BCUT2D eigenvalue weighted by atomic mass is 9.93. The summed E-state index contributed by atoms with van der Waals surface area (Å²) < 4.78 is 25.8. The van der Waals surface area contributed by atoms with Crippen molar-refractivity contribution in [3.05, 3.63) is 65.2 Å². The first kappa shape index (κ1) is 21.4. The molecule has 156 valence electrons. The standard InChI is InChI=1S/C23H30N2O3S/c1-16(2)18-9-11-19(12-10-18)22(17(3)4)24-23(26)20-7-5-8-21(15-20)25-13-6-14-29(25,27)28/h5,7-12,15-17,22H,6,13-14H2,1-4H3,(H,24,26). The van der Waals surface area contributed by atoms with Crippen LogP contribution in [0.5, 0.6) is 0 Å². The normalized spacial score (nSPS) is 17.0. The molecular weight excluding hydrogens is 384 g/mol. The number of amides is 1. The van der Waals surface area contributed by atoms with E-state index in [9.17, 15) is 13.2 Å². The Bertz CT molecular complexity index is 966. The largest absolute Gasteiger partial charge is 0.345 e. The highest BCUT2D eigenvalue weighted by Crippen LogP contribution is 2.27. The van der Waals surface area contributed by atoms with Gasteiger partial charge in [-0.2, -0.15) is 0 Å². The first-order valence-electron chi connectivity index (χ1n) is 10.2. The molecule has 1 N–H and O–H groups in total. The van der Waals surface area contributed by atoms with Gasteiger partial charge in [-0.1, -0.05) is 58.0 Å². The number of rotatable bonds is 6. The van der Waals surface area contributed by atoms with E-state index < -0.39 is 10.0 Å². The summed E-state index contributed by atoms with van der Waals surface area (Å²) in [6.45, 7) is 8.93. The summed E-state index contributed by atoms with van der Waals surface area (Å²) in [6, 6.07) is 15.1. The molecule has 1 saturated heterocycles. The topological polar surface area (TPSA) is 66.5 Å². The maximum atomic E-state index is 13.0. The van der Waals surface area contributed by atoms with Crippen LogP contribution in [0.4, 0.5) is 5.69 Å². The van der Waals surface area contributed by atoms with E-state index in [2.05, 4.69) is 57.3 Å². The van der Waals surface area contributed by atoms with Crippen molar-refractivity contribution in [3.63, 3.8) is 0 Å². The quantitative estimate of drug-likeness (QED) is 0.758. The lowest BCUT2D eigenvalue weighted by Gasteiger charge is -2.24. The third kappa shape index (κ3) is 4.81. The second kappa shape index (κ2) is 8.57. The summed E-state index contributed by atoms with van der Waals surface area (Å²) in [4.78, 5) is 13.0. The molecule has 0 aliphatic carbocycles.